The number of nitrogens with zero attached hydrogens (tertiary/aromatic N) is 1. The summed E-state index contributed by atoms with van der Waals surface area (Å²) in [5.74, 6) is -1.17. The lowest BCUT2D eigenvalue weighted by Gasteiger charge is -2.23. The lowest BCUT2D eigenvalue weighted by molar-refractivity contribution is -0.134. The fraction of sp³-hybridized carbons (Fsp3) is 0.182. The lowest BCUT2D eigenvalue weighted by Crippen LogP contribution is -2.37. The van der Waals surface area contributed by atoms with E-state index in [1.165, 1.54) is 0 Å². The van der Waals surface area contributed by atoms with Crippen molar-refractivity contribution in [1.29, 1.82) is 0 Å². The summed E-state index contributed by atoms with van der Waals surface area (Å²) in [5, 5.41) is 2.79. The highest BCUT2D eigenvalue weighted by atomic mass is 16.5. The Morgan fingerprint density at radius 2 is 1.10 bits per heavy atom. The number of hydrogen-bond acceptors (Lipinski definition) is 4. The van der Waals surface area contributed by atoms with E-state index in [4.69, 9.17) is 4.74 Å². The van der Waals surface area contributed by atoms with E-state index in [1.54, 1.807) is 29.2 Å². The molecule has 6 nitrogen and oxygen atoms in total. The number of para-hydroxylation sites is 1. The van der Waals surface area contributed by atoms with Gasteiger partial charge in [0.25, 0.3) is 5.91 Å². The molecule has 1 N–H and O–H groups in total. The summed E-state index contributed by atoms with van der Waals surface area (Å²) in [6.45, 7) is 0.646. The van der Waals surface area contributed by atoms with Crippen molar-refractivity contribution in [3.05, 3.63) is 138 Å². The van der Waals surface area contributed by atoms with Gasteiger partial charge in [-0.25, -0.2) is 4.79 Å². The minimum atomic E-state index is -0.662. The number of esters is 1. The van der Waals surface area contributed by atoms with Crippen molar-refractivity contribution >= 4 is 23.5 Å². The van der Waals surface area contributed by atoms with Crippen molar-refractivity contribution in [1.82, 2.24) is 4.90 Å². The number of carbonyl (C=O) groups is 3. The normalized spacial score (nSPS) is 10.5. The average molecular weight is 521 g/mol. The average Bonchev–Trinajstić information content (AvgIpc) is 2.97. The van der Waals surface area contributed by atoms with Crippen LogP contribution in [0.15, 0.2) is 115 Å². The predicted octanol–water partition coefficient (Wildman–Crippen LogP) is 5.34. The molecule has 0 heterocycles. The van der Waals surface area contributed by atoms with Gasteiger partial charge in [-0.2, -0.15) is 0 Å². The van der Waals surface area contributed by atoms with E-state index < -0.39 is 5.97 Å². The Morgan fingerprint density at radius 3 is 1.67 bits per heavy atom. The molecule has 0 spiro atoms. The highest BCUT2D eigenvalue weighted by Crippen LogP contribution is 2.17. The first-order valence-corrected chi connectivity index (χ1v) is 13.0. The summed E-state index contributed by atoms with van der Waals surface area (Å²) in [4.78, 5) is 40.4. The van der Waals surface area contributed by atoms with Gasteiger partial charge in [0, 0.05) is 13.1 Å². The molecule has 0 aliphatic heterocycles. The summed E-state index contributed by atoms with van der Waals surface area (Å²) < 4.78 is 5.43. The molecule has 0 saturated heterocycles. The monoisotopic (exact) mass is 520 g/mol. The molecule has 198 valence electrons. The zero-order valence-corrected chi connectivity index (χ0v) is 21.8. The number of rotatable bonds is 12. The van der Waals surface area contributed by atoms with Crippen molar-refractivity contribution in [2.45, 2.75) is 19.3 Å². The first kappa shape index (κ1) is 27.3. The van der Waals surface area contributed by atoms with E-state index in [0.717, 1.165) is 16.7 Å². The molecule has 0 aliphatic carbocycles. The molecule has 0 fully saturated rings. The molecular formula is C33H32N2O4. The maximum absolute atomic E-state index is 13.2. The Kier molecular flexibility index (Phi) is 10.0. The molecule has 4 rings (SSSR count). The van der Waals surface area contributed by atoms with Gasteiger partial charge in [-0.05, 0) is 41.7 Å². The van der Waals surface area contributed by atoms with Crippen LogP contribution in [0.3, 0.4) is 0 Å². The first-order chi connectivity index (χ1) is 19.1. The highest BCUT2D eigenvalue weighted by Gasteiger charge is 2.19. The molecule has 0 radical (unpaired) electrons. The lowest BCUT2D eigenvalue weighted by atomic mass is 10.1. The molecule has 4 aromatic rings. The van der Waals surface area contributed by atoms with E-state index >= 15 is 0 Å². The molecule has 6 heteroatoms. The first-order valence-electron chi connectivity index (χ1n) is 13.0. The van der Waals surface area contributed by atoms with Crippen LogP contribution in [0.25, 0.3) is 0 Å². The van der Waals surface area contributed by atoms with Crippen molar-refractivity contribution in [3.8, 4) is 0 Å². The molecule has 0 bridgehead atoms. The van der Waals surface area contributed by atoms with Crippen LogP contribution in [0, 0.1) is 0 Å². The van der Waals surface area contributed by atoms with Crippen molar-refractivity contribution in [3.63, 3.8) is 0 Å². The third kappa shape index (κ3) is 8.68. The van der Waals surface area contributed by atoms with Gasteiger partial charge in [-0.3, -0.25) is 9.59 Å². The SMILES string of the molecule is O=C(Cc1ccccc1)Nc1ccccc1C(=O)OCC(=O)N(CCc1ccccc1)CCc1ccccc1. The van der Waals surface area contributed by atoms with Crippen molar-refractivity contribution in [2.75, 3.05) is 25.0 Å². The third-order valence-electron chi connectivity index (χ3n) is 6.33. The minimum Gasteiger partial charge on any atom is -0.452 e. The summed E-state index contributed by atoms with van der Waals surface area (Å²) >= 11 is 0. The van der Waals surface area contributed by atoms with Crippen LogP contribution < -0.4 is 5.32 Å². The van der Waals surface area contributed by atoms with E-state index in [2.05, 4.69) is 5.32 Å². The molecule has 39 heavy (non-hydrogen) atoms. The van der Waals surface area contributed by atoms with Crippen LogP contribution in [0.1, 0.15) is 27.0 Å². The molecule has 0 aliphatic rings. The van der Waals surface area contributed by atoms with Crippen LogP contribution >= 0.6 is 0 Å². The van der Waals surface area contributed by atoms with E-state index in [9.17, 15) is 14.4 Å². The van der Waals surface area contributed by atoms with E-state index in [0.29, 0.717) is 31.6 Å². The number of amides is 2. The fourth-order valence-corrected chi connectivity index (χ4v) is 4.22. The van der Waals surface area contributed by atoms with Crippen molar-refractivity contribution < 1.29 is 19.1 Å². The summed E-state index contributed by atoms with van der Waals surface area (Å²) in [6.07, 6.45) is 1.58. The molecule has 4 aromatic carbocycles. The van der Waals surface area contributed by atoms with Crippen molar-refractivity contribution in [2.24, 2.45) is 0 Å². The second kappa shape index (κ2) is 14.3. The van der Waals surface area contributed by atoms with Crippen LogP contribution in [0.4, 0.5) is 5.69 Å². The standard InChI is InChI=1S/C33H32N2O4/c36-31(24-28-16-8-3-9-17-28)34-30-19-11-10-18-29(30)33(38)39-25-32(37)35(22-20-26-12-4-1-5-13-26)23-21-27-14-6-2-7-15-27/h1-19H,20-25H2,(H,34,36). The number of benzene rings is 4. The van der Waals surface area contributed by atoms with Gasteiger partial charge >= 0.3 is 5.97 Å². The van der Waals surface area contributed by atoms with Crippen LogP contribution in [0.5, 0.6) is 0 Å². The Hall–Kier alpha value is -4.71. The van der Waals surface area contributed by atoms with Gasteiger partial charge in [0.05, 0.1) is 17.7 Å². The van der Waals surface area contributed by atoms with Crippen LogP contribution in [0.2, 0.25) is 0 Å². The van der Waals surface area contributed by atoms with Crippen LogP contribution in [-0.2, 0) is 33.6 Å². The number of hydrogen-bond donors (Lipinski definition) is 1. The van der Waals surface area contributed by atoms with Gasteiger partial charge in [0.2, 0.25) is 5.91 Å². The number of ether oxygens (including phenoxy) is 1. The zero-order chi connectivity index (χ0) is 27.3. The fourth-order valence-electron chi connectivity index (χ4n) is 4.22. The Balaban J connectivity index is 1.37. The third-order valence-corrected chi connectivity index (χ3v) is 6.33. The maximum atomic E-state index is 13.2. The molecule has 0 atom stereocenters. The highest BCUT2D eigenvalue weighted by molar-refractivity contribution is 6.02. The number of anilines is 1. The van der Waals surface area contributed by atoms with E-state index in [-0.39, 0.29) is 30.4 Å². The predicted molar refractivity (Wildman–Crippen MR) is 152 cm³/mol. The second-order valence-corrected chi connectivity index (χ2v) is 9.18. The van der Waals surface area contributed by atoms with E-state index in [1.807, 2.05) is 91.0 Å². The summed E-state index contributed by atoms with van der Waals surface area (Å²) in [5.41, 5.74) is 3.68. The molecular weight excluding hydrogens is 488 g/mol. The summed E-state index contributed by atoms with van der Waals surface area (Å²) in [7, 11) is 0. The maximum Gasteiger partial charge on any atom is 0.340 e. The topological polar surface area (TPSA) is 75.7 Å². The quantitative estimate of drug-likeness (QED) is 0.256. The Labute approximate surface area is 229 Å². The summed E-state index contributed by atoms with van der Waals surface area (Å²) in [6, 6.07) is 36.0. The molecule has 0 saturated carbocycles. The van der Waals surface area contributed by atoms with Gasteiger partial charge in [0.15, 0.2) is 6.61 Å². The van der Waals surface area contributed by atoms with Gasteiger partial charge < -0.3 is 15.0 Å². The smallest absolute Gasteiger partial charge is 0.340 e. The zero-order valence-electron chi connectivity index (χ0n) is 21.8. The van der Waals surface area contributed by atoms with Gasteiger partial charge in [0.1, 0.15) is 0 Å². The number of carbonyl (C=O) groups excluding carboxylic acids is 3. The van der Waals surface area contributed by atoms with Crippen LogP contribution in [-0.4, -0.2) is 42.4 Å². The molecule has 0 aromatic heterocycles. The van der Waals surface area contributed by atoms with Gasteiger partial charge in [-0.15, -0.1) is 0 Å². The Bertz CT molecular complexity index is 1310. The second-order valence-electron chi connectivity index (χ2n) is 9.18. The minimum absolute atomic E-state index is 0.181. The largest absolute Gasteiger partial charge is 0.452 e. The number of nitrogens with one attached hydrogen (secondary N) is 1. The molecule has 2 amide bonds. The molecule has 0 unspecified atom stereocenters. The Morgan fingerprint density at radius 1 is 0.615 bits per heavy atom. The van der Waals surface area contributed by atoms with Gasteiger partial charge in [-0.1, -0.05) is 103 Å².